The van der Waals surface area contributed by atoms with Crippen LogP contribution in [-0.4, -0.2) is 96.7 Å². The Morgan fingerprint density at radius 2 is 0.583 bits per heavy atom. The Morgan fingerprint density at radius 1 is 0.312 bits per heavy atom. The molecule has 0 aromatic rings. The van der Waals surface area contributed by atoms with Crippen molar-refractivity contribution < 1.29 is 80.2 Å². The van der Waals surface area contributed by atoms with Crippen molar-refractivity contribution in [3.8, 4) is 0 Å². The third-order valence-electron chi connectivity index (χ3n) is 15.0. The van der Waals surface area contributed by atoms with E-state index in [1.807, 2.05) is 18.2 Å². The lowest BCUT2D eigenvalue weighted by Gasteiger charge is -2.21. The number of aliphatic hydroxyl groups excluding tert-OH is 1. The van der Waals surface area contributed by atoms with Gasteiger partial charge in [-0.1, -0.05) is 284 Å². The summed E-state index contributed by atoms with van der Waals surface area (Å²) in [5.74, 6) is -2.36. The van der Waals surface area contributed by atoms with Crippen LogP contribution >= 0.6 is 15.6 Å². The smallest absolute Gasteiger partial charge is 0.462 e. The molecular weight excluding hydrogens is 1260 g/mol. The van der Waals surface area contributed by atoms with Gasteiger partial charge in [0.05, 0.1) is 32.8 Å². The van der Waals surface area contributed by atoms with Gasteiger partial charge in [-0.25, -0.2) is 9.13 Å². The number of hydrogen-bond acceptors (Lipinski definition) is 15. The molecule has 0 aromatic heterocycles. The van der Waals surface area contributed by atoms with E-state index in [1.165, 1.54) is 77.0 Å². The van der Waals surface area contributed by atoms with Crippen LogP contribution in [0, 0.1) is 0 Å². The molecule has 19 heteroatoms. The fourth-order valence-electron chi connectivity index (χ4n) is 9.44. The summed E-state index contributed by atoms with van der Waals surface area (Å²) in [5.41, 5.74) is 0. The molecule has 96 heavy (non-hydrogen) atoms. The summed E-state index contributed by atoms with van der Waals surface area (Å²) in [6.45, 7) is 4.47. The first-order chi connectivity index (χ1) is 46.7. The molecule has 0 aliphatic carbocycles. The zero-order chi connectivity index (χ0) is 70.4. The van der Waals surface area contributed by atoms with Crippen molar-refractivity contribution in [2.24, 2.45) is 0 Å². The molecule has 0 spiro atoms. The number of allylic oxidation sites excluding steroid dienone is 19. The van der Waals surface area contributed by atoms with E-state index in [9.17, 15) is 43.2 Å². The van der Waals surface area contributed by atoms with Crippen LogP contribution in [-0.2, 0) is 65.4 Å². The van der Waals surface area contributed by atoms with Gasteiger partial charge >= 0.3 is 39.5 Å². The second-order valence-electron chi connectivity index (χ2n) is 24.2. The first kappa shape index (κ1) is 91.5. The summed E-state index contributed by atoms with van der Waals surface area (Å²) in [6, 6.07) is 0. The van der Waals surface area contributed by atoms with Crippen molar-refractivity contribution in [3.05, 3.63) is 122 Å². The molecule has 5 unspecified atom stereocenters. The Balaban J connectivity index is 5.37. The second kappa shape index (κ2) is 69.0. The van der Waals surface area contributed by atoms with Crippen LogP contribution in [0.1, 0.15) is 285 Å². The van der Waals surface area contributed by atoms with E-state index in [0.717, 1.165) is 128 Å². The number of aliphatic hydroxyl groups is 1. The van der Waals surface area contributed by atoms with Gasteiger partial charge in [0.25, 0.3) is 0 Å². The van der Waals surface area contributed by atoms with Gasteiger partial charge in [0, 0.05) is 19.3 Å². The van der Waals surface area contributed by atoms with Crippen molar-refractivity contribution in [2.45, 2.75) is 303 Å². The fraction of sp³-hybridized carbons (Fsp3) is 0.688. The molecule has 5 atom stereocenters. The van der Waals surface area contributed by atoms with Gasteiger partial charge in [0.1, 0.15) is 19.3 Å². The Hall–Kier alpha value is -4.54. The Kier molecular flexibility index (Phi) is 65.7. The molecule has 0 amide bonds. The monoisotopic (exact) mass is 1390 g/mol. The number of carbonyl (C=O) groups excluding carboxylic acids is 4. The molecule has 17 nitrogen and oxygen atoms in total. The predicted molar refractivity (Wildman–Crippen MR) is 390 cm³/mol. The third-order valence-corrected chi connectivity index (χ3v) is 16.9. The van der Waals surface area contributed by atoms with Gasteiger partial charge in [0.2, 0.25) is 0 Å². The van der Waals surface area contributed by atoms with E-state index in [1.54, 1.807) is 6.08 Å². The first-order valence-electron chi connectivity index (χ1n) is 36.8. The van der Waals surface area contributed by atoms with Crippen LogP contribution in [0.5, 0.6) is 0 Å². The highest BCUT2D eigenvalue weighted by molar-refractivity contribution is 7.47. The van der Waals surface area contributed by atoms with E-state index < -0.39 is 97.5 Å². The Bertz CT molecular complexity index is 2300. The molecule has 0 saturated carbocycles. The summed E-state index contributed by atoms with van der Waals surface area (Å²) in [5, 5.41) is 10.6. The lowest BCUT2D eigenvalue weighted by Crippen LogP contribution is -2.30. The van der Waals surface area contributed by atoms with E-state index >= 15 is 0 Å². The zero-order valence-electron chi connectivity index (χ0n) is 59.8. The van der Waals surface area contributed by atoms with Gasteiger partial charge in [-0.3, -0.25) is 37.3 Å². The van der Waals surface area contributed by atoms with E-state index in [2.05, 4.69) is 125 Å². The van der Waals surface area contributed by atoms with Gasteiger partial charge in [-0.05, 0) is 96.3 Å². The Morgan fingerprint density at radius 3 is 0.927 bits per heavy atom. The first-order valence-corrected chi connectivity index (χ1v) is 39.8. The zero-order valence-corrected chi connectivity index (χ0v) is 61.5. The van der Waals surface area contributed by atoms with Gasteiger partial charge in [-0.2, -0.15) is 0 Å². The average molecular weight is 1390 g/mol. The largest absolute Gasteiger partial charge is 0.472 e. The number of carbonyl (C=O) groups is 4. The van der Waals surface area contributed by atoms with Gasteiger partial charge in [-0.15, -0.1) is 0 Å². The normalized spacial score (nSPS) is 14.7. The molecule has 0 radical (unpaired) electrons. The van der Waals surface area contributed by atoms with Crippen LogP contribution in [0.25, 0.3) is 0 Å². The summed E-state index contributed by atoms with van der Waals surface area (Å²) < 4.78 is 68.1. The number of hydrogen-bond donors (Lipinski definition) is 3. The summed E-state index contributed by atoms with van der Waals surface area (Å²) in [7, 11) is -9.97. The topological polar surface area (TPSA) is 237 Å². The van der Waals surface area contributed by atoms with Crippen molar-refractivity contribution in [3.63, 3.8) is 0 Å². The molecule has 3 N–H and O–H groups in total. The fourth-order valence-corrected chi connectivity index (χ4v) is 11.0. The number of phosphoric acid groups is 2. The minimum absolute atomic E-state index is 0.0706. The van der Waals surface area contributed by atoms with Gasteiger partial charge < -0.3 is 33.8 Å². The summed E-state index contributed by atoms with van der Waals surface area (Å²) in [6.07, 6.45) is 73.8. The maximum atomic E-state index is 13.0. The average Bonchev–Trinajstić information content (AvgIpc) is 1.15. The highest BCUT2D eigenvalue weighted by Crippen LogP contribution is 2.45. The quantitative estimate of drug-likeness (QED) is 0.0169. The third kappa shape index (κ3) is 68.0. The predicted octanol–water partition coefficient (Wildman–Crippen LogP) is 20.8. The highest BCUT2D eigenvalue weighted by Gasteiger charge is 2.30. The van der Waals surface area contributed by atoms with Crippen LogP contribution in [0.3, 0.4) is 0 Å². The minimum Gasteiger partial charge on any atom is -0.462 e. The number of rotatable bonds is 68. The molecular formula is C77H130O17P2. The molecule has 0 saturated heterocycles. The van der Waals surface area contributed by atoms with E-state index in [4.69, 9.17) is 37.0 Å². The molecule has 0 fully saturated rings. The van der Waals surface area contributed by atoms with E-state index in [-0.39, 0.29) is 25.7 Å². The number of ether oxygens (including phenoxy) is 4. The standard InChI is InChI=1S/C77H130O17P2/c1-5-9-13-17-21-25-29-31-33-34-35-36-38-40-44-46-50-54-58-62-75(80)88-68-73(94-77(82)64-60-56-52-48-42-28-24-20-16-12-8-4)70-92-96(85,86)90-66-71(78)65-89-95(83,84)91-69-72(93-76(81)63-59-55-51-47-41-27-23-19-15-11-7-3)67-87-74(79)61-57-53-49-45-43-39-37-32-30-26-22-18-14-10-6-2/h9-10,13-14,21-22,25-26,31-33,35-37,40,43-45,53,57,71-73,78H,5-8,11-12,15-20,23-24,27-30,34,38-39,41-42,46-52,54-56,58-70H2,1-4H3,(H,83,84)(H,85,86)/b13-9-,14-10-,25-21-,26-22-,33-31-,36-35-,37-32-,44-40-,45-43-,57-53-. The van der Waals surface area contributed by atoms with Crippen molar-refractivity contribution in [2.75, 3.05) is 39.6 Å². The summed E-state index contributed by atoms with van der Waals surface area (Å²) in [4.78, 5) is 72.6. The van der Waals surface area contributed by atoms with Gasteiger partial charge in [0.15, 0.2) is 12.2 Å². The number of esters is 4. The molecule has 0 rings (SSSR count). The van der Waals surface area contributed by atoms with Crippen molar-refractivity contribution in [1.29, 1.82) is 0 Å². The maximum absolute atomic E-state index is 13.0. The lowest BCUT2D eigenvalue weighted by molar-refractivity contribution is -0.161. The Labute approximate surface area is 581 Å². The second-order valence-corrected chi connectivity index (χ2v) is 27.1. The summed E-state index contributed by atoms with van der Waals surface area (Å²) >= 11 is 0. The SMILES string of the molecule is CC/C=C\C/C=C\C/C=C\C/C=C\C/C=C\CCCCCC(=O)OCC(COP(=O)(O)OCC(O)COP(=O)(O)OCC(COC(=O)C/C=C\C/C=C\C/C=C\C/C=C\C/C=C\CC)OC(=O)CCCCCCCCCCCCC)OC(=O)CCCCCCCCCCCCC. The van der Waals surface area contributed by atoms with Crippen molar-refractivity contribution in [1.82, 2.24) is 0 Å². The number of phosphoric ester groups is 2. The van der Waals surface area contributed by atoms with Crippen LogP contribution in [0.2, 0.25) is 0 Å². The molecule has 0 bridgehead atoms. The molecule has 0 aliphatic rings. The highest BCUT2D eigenvalue weighted by atomic mass is 31.2. The molecule has 0 heterocycles. The van der Waals surface area contributed by atoms with Crippen LogP contribution in [0.15, 0.2) is 122 Å². The van der Waals surface area contributed by atoms with Crippen LogP contribution in [0.4, 0.5) is 0 Å². The van der Waals surface area contributed by atoms with E-state index in [0.29, 0.717) is 25.7 Å². The van der Waals surface area contributed by atoms with Crippen LogP contribution < -0.4 is 0 Å². The van der Waals surface area contributed by atoms with Crippen molar-refractivity contribution >= 4 is 39.5 Å². The lowest BCUT2D eigenvalue weighted by atomic mass is 10.1. The number of unbranched alkanes of at least 4 members (excludes halogenated alkanes) is 23. The minimum atomic E-state index is -4.99. The molecule has 550 valence electrons. The molecule has 0 aliphatic heterocycles. The molecule has 0 aromatic carbocycles. The maximum Gasteiger partial charge on any atom is 0.472 e.